The number of carbonyl (C=O) groups excluding carboxylic acids is 1. The molecule has 1 spiro atoms. The summed E-state index contributed by atoms with van der Waals surface area (Å²) in [5.41, 5.74) is 1.52. The maximum absolute atomic E-state index is 15.4. The quantitative estimate of drug-likeness (QED) is 0.0924. The van der Waals surface area contributed by atoms with Crippen molar-refractivity contribution < 1.29 is 65.0 Å². The number of ether oxygens (including phenoxy) is 2. The Balaban J connectivity index is 1.06. The van der Waals surface area contributed by atoms with E-state index in [1.54, 1.807) is 12.5 Å². The predicted molar refractivity (Wildman–Crippen MR) is 288 cm³/mol. The van der Waals surface area contributed by atoms with Gasteiger partial charge in [-0.05, 0) is 133 Å². The highest BCUT2D eigenvalue weighted by molar-refractivity contribution is 5.87. The Kier molecular flexibility index (Phi) is 13.1. The number of allylic oxidation sites excluding steroid dienone is 3. The molecule has 6 saturated carbocycles. The largest absolute Gasteiger partial charge is 0.481 e. The standard InChI is InChI=1S/C60H87N7O13/c1-53(25-68)16-17-59(52(77)78)33(21-53)31-18-29-8-7-13-58(56(31,4)32-19-35-49(66-28-64-35)63-22-34(32)59)14-10-37-54(2,26-69)48(80-50-45(75)43(73)36(70)24-79-50)44(74)41(55(37,3)46(29)58)30-9-15-60(38-23-62-27-65-38,39(71)20-40(61)72)47-42(30)57(51(76)67-47)11-5-6-12-57/h9,15,18,23,27-30,32-34,36-37,39-48,50,63,68-75H,5-8,10-14,16-17,19-22,24-26,61H2,1-4H3,(H,62,65)(H,64,66)(H,67,76)(H,77,78). The van der Waals surface area contributed by atoms with Gasteiger partial charge in [-0.25, -0.2) is 9.97 Å². The molecule has 440 valence electrons. The highest BCUT2D eigenvalue weighted by atomic mass is 16.7. The molecule has 13 rings (SSSR count). The van der Waals surface area contributed by atoms with Gasteiger partial charge >= 0.3 is 5.97 Å². The molecule has 15 N–H and O–H groups in total. The number of aliphatic carboxylic acids is 1. The van der Waals surface area contributed by atoms with Crippen molar-refractivity contribution in [2.75, 3.05) is 31.7 Å². The summed E-state index contributed by atoms with van der Waals surface area (Å²) in [6, 6.07) is -0.790. The van der Waals surface area contributed by atoms with E-state index in [0.29, 0.717) is 63.6 Å². The number of hydrogen-bond donors (Lipinski definition) is 14. The van der Waals surface area contributed by atoms with E-state index >= 15 is 4.79 Å². The van der Waals surface area contributed by atoms with Crippen LogP contribution in [0.4, 0.5) is 5.82 Å². The van der Waals surface area contributed by atoms with Gasteiger partial charge in [0.1, 0.15) is 30.4 Å². The summed E-state index contributed by atoms with van der Waals surface area (Å²) in [6.07, 6.45) is 8.26. The third-order valence-corrected chi connectivity index (χ3v) is 25.7. The van der Waals surface area contributed by atoms with E-state index in [1.807, 2.05) is 13.0 Å². The summed E-state index contributed by atoms with van der Waals surface area (Å²) >= 11 is 0. The van der Waals surface area contributed by atoms with Crippen molar-refractivity contribution in [2.24, 2.45) is 96.9 Å². The molecule has 11 aliphatic rings. The van der Waals surface area contributed by atoms with Crippen LogP contribution in [-0.2, 0) is 30.9 Å². The molecule has 1 amide bonds. The van der Waals surface area contributed by atoms with Gasteiger partial charge in [0.05, 0.1) is 72.2 Å². The Labute approximate surface area is 467 Å². The van der Waals surface area contributed by atoms with Gasteiger partial charge in [-0.2, -0.15) is 0 Å². The fourth-order valence-electron chi connectivity index (χ4n) is 22.4. The van der Waals surface area contributed by atoms with Gasteiger partial charge < -0.3 is 81.8 Å². The van der Waals surface area contributed by atoms with E-state index in [2.05, 4.69) is 58.5 Å². The van der Waals surface area contributed by atoms with Crippen LogP contribution in [0.2, 0.25) is 0 Å². The summed E-state index contributed by atoms with van der Waals surface area (Å²) in [4.78, 5) is 45.9. The summed E-state index contributed by atoms with van der Waals surface area (Å²) < 4.78 is 12.9. The molecule has 25 atom stereocenters. The number of carbonyl (C=O) groups is 2. The van der Waals surface area contributed by atoms with E-state index in [0.717, 1.165) is 43.6 Å². The van der Waals surface area contributed by atoms with Crippen LogP contribution in [0.3, 0.4) is 0 Å². The molecule has 80 heavy (non-hydrogen) atoms. The highest BCUT2D eigenvalue weighted by Crippen LogP contribution is 2.83. The van der Waals surface area contributed by atoms with Gasteiger partial charge in [0.15, 0.2) is 6.29 Å². The number of amides is 1. The predicted octanol–water partition coefficient (Wildman–Crippen LogP) is 2.62. The lowest BCUT2D eigenvalue weighted by molar-refractivity contribution is -0.350. The second-order valence-corrected chi connectivity index (χ2v) is 28.6. The minimum atomic E-state index is -1.70. The molecule has 25 unspecified atom stereocenters. The van der Waals surface area contributed by atoms with Crippen LogP contribution in [0.5, 0.6) is 0 Å². The lowest BCUT2D eigenvalue weighted by atomic mass is 9.25. The highest BCUT2D eigenvalue weighted by Gasteiger charge is 2.81. The van der Waals surface area contributed by atoms with Crippen molar-refractivity contribution in [3.05, 3.63) is 54.0 Å². The first-order valence-corrected chi connectivity index (χ1v) is 30.1. The van der Waals surface area contributed by atoms with Crippen molar-refractivity contribution in [2.45, 2.75) is 178 Å². The average Bonchev–Trinajstić information content (AvgIpc) is 0.850. The zero-order chi connectivity index (χ0) is 56.5. The lowest BCUT2D eigenvalue weighted by Crippen LogP contribution is -2.77. The number of fused-ring (bicyclic) bond motifs is 10. The number of imidazole rings is 2. The van der Waals surface area contributed by atoms with Gasteiger partial charge in [0.25, 0.3) is 0 Å². The van der Waals surface area contributed by atoms with E-state index in [1.165, 1.54) is 11.9 Å². The number of nitrogens with zero attached hydrogens (tertiary/aromatic N) is 2. The molecule has 0 radical (unpaired) electrons. The van der Waals surface area contributed by atoms with Gasteiger partial charge in [0, 0.05) is 42.8 Å². The van der Waals surface area contributed by atoms with Crippen LogP contribution in [-0.4, -0.2) is 159 Å². The van der Waals surface area contributed by atoms with E-state index in [4.69, 9.17) is 20.2 Å². The zero-order valence-corrected chi connectivity index (χ0v) is 46.7. The molecule has 20 heteroatoms. The molecule has 3 aliphatic heterocycles. The number of rotatable bonds is 10. The monoisotopic (exact) mass is 1110 g/mol. The fourth-order valence-corrected chi connectivity index (χ4v) is 22.4. The Morgan fingerprint density at radius 3 is 2.39 bits per heavy atom. The molecule has 2 aromatic heterocycles. The number of H-pyrrole nitrogens is 2. The molecule has 8 aliphatic carbocycles. The smallest absolute Gasteiger partial charge is 0.310 e. The van der Waals surface area contributed by atoms with Gasteiger partial charge in [0.2, 0.25) is 5.91 Å². The second kappa shape index (κ2) is 18.9. The number of anilines is 1. The first-order chi connectivity index (χ1) is 38.1. The topological polar surface area (TPSA) is 342 Å². The van der Waals surface area contributed by atoms with E-state index in [-0.39, 0.29) is 61.0 Å². The summed E-state index contributed by atoms with van der Waals surface area (Å²) in [6.45, 7) is 8.41. The molecule has 20 nitrogen and oxygen atoms in total. The second-order valence-electron chi connectivity index (χ2n) is 28.6. The summed E-state index contributed by atoms with van der Waals surface area (Å²) in [5.74, 6) is -3.73. The van der Waals surface area contributed by atoms with Crippen LogP contribution in [0.15, 0.2) is 42.7 Å². The van der Waals surface area contributed by atoms with Crippen LogP contribution in [0.1, 0.15) is 123 Å². The maximum Gasteiger partial charge on any atom is 0.310 e. The Bertz CT molecular complexity index is 2790. The summed E-state index contributed by atoms with van der Waals surface area (Å²) in [5, 5.41) is 113. The molecule has 0 aromatic carbocycles. The van der Waals surface area contributed by atoms with E-state index in [9.17, 15) is 50.8 Å². The molecule has 8 fully saturated rings. The van der Waals surface area contributed by atoms with Crippen LogP contribution in [0, 0.1) is 91.2 Å². The van der Waals surface area contributed by atoms with Gasteiger partial charge in [-0.3, -0.25) is 9.59 Å². The van der Waals surface area contributed by atoms with Crippen LogP contribution >= 0.6 is 0 Å². The fraction of sp³-hybridized carbons (Fsp3) is 0.800. The van der Waals surface area contributed by atoms with Gasteiger partial charge in [-0.1, -0.05) is 70.8 Å². The number of hydrogen-bond acceptors (Lipinski definition) is 16. The minimum Gasteiger partial charge on any atom is -0.481 e. The van der Waals surface area contributed by atoms with Crippen molar-refractivity contribution >= 4 is 17.7 Å². The third kappa shape index (κ3) is 7.01. The van der Waals surface area contributed by atoms with E-state index < -0.39 is 129 Å². The Morgan fingerprint density at radius 2 is 1.69 bits per heavy atom. The number of carboxylic acid groups (broad SMARTS) is 1. The van der Waals surface area contributed by atoms with Crippen LogP contribution in [0.25, 0.3) is 0 Å². The molecular formula is C60H87N7O13. The normalized spacial score (nSPS) is 50.4. The van der Waals surface area contributed by atoms with Crippen molar-refractivity contribution in [3.63, 3.8) is 0 Å². The van der Waals surface area contributed by atoms with Gasteiger partial charge in [-0.15, -0.1) is 0 Å². The minimum absolute atomic E-state index is 0.0621. The number of carboxylic acids is 1. The molecular weight excluding hydrogens is 1030 g/mol. The first-order valence-electron chi connectivity index (χ1n) is 30.1. The number of aliphatic hydroxyl groups is 8. The first kappa shape index (κ1) is 55.4. The number of aliphatic hydroxyl groups excluding tert-OH is 8. The Hall–Kier alpha value is -3.80. The number of nitrogens with one attached hydrogen (secondary N) is 4. The zero-order valence-electron chi connectivity index (χ0n) is 46.7. The molecule has 2 saturated heterocycles. The SMILES string of the molecule is CC1(CO)CCC2(C(=O)O)C(C1)C1=CC3CCCC4(CCC5C(C)(CO)C(OC6OCC(O)C(O)C6O)C(O)C(C6C=CC(c7cnc[nH]7)(C(O)CC(N)O)C7NC(=O)C8(CCCC8)C67)C5(C)C34)C1(C)C1Cc3[nH]cnc3NCC12. The number of aromatic amines is 2. The van der Waals surface area contributed by atoms with Crippen molar-refractivity contribution in [1.29, 1.82) is 0 Å². The third-order valence-electron chi connectivity index (χ3n) is 25.7. The molecule has 2 aromatic rings. The van der Waals surface area contributed by atoms with Crippen molar-refractivity contribution in [3.8, 4) is 0 Å². The summed E-state index contributed by atoms with van der Waals surface area (Å²) in [7, 11) is 0. The molecule has 5 heterocycles. The number of aromatic nitrogens is 4. The van der Waals surface area contributed by atoms with Crippen LogP contribution < -0.4 is 16.4 Å². The van der Waals surface area contributed by atoms with Crippen molar-refractivity contribution in [1.82, 2.24) is 25.3 Å². The average molecular weight is 1110 g/mol. The number of nitrogens with two attached hydrogens (primary N) is 1. The Morgan fingerprint density at radius 1 is 0.912 bits per heavy atom. The molecule has 2 bridgehead atoms. The lowest BCUT2D eigenvalue weighted by Gasteiger charge is -2.78. The maximum atomic E-state index is 15.4.